The van der Waals surface area contributed by atoms with Crippen molar-refractivity contribution in [3.05, 3.63) is 113 Å². The molecule has 2 aromatic heterocycles. The zero-order valence-electron chi connectivity index (χ0n) is 27.4. The Kier molecular flexibility index (Phi) is 9.52. The smallest absolute Gasteiger partial charge is 0.350 e. The van der Waals surface area contributed by atoms with Gasteiger partial charge < -0.3 is 19.3 Å². The van der Waals surface area contributed by atoms with Crippen LogP contribution in [0.15, 0.2) is 95.4 Å². The number of halogens is 2. The van der Waals surface area contributed by atoms with Gasteiger partial charge in [0.2, 0.25) is 0 Å². The number of anilines is 2. The van der Waals surface area contributed by atoms with Gasteiger partial charge in [-0.05, 0) is 67.9 Å². The van der Waals surface area contributed by atoms with E-state index >= 15 is 0 Å². The Morgan fingerprint density at radius 1 is 0.918 bits per heavy atom. The third-order valence-corrected chi connectivity index (χ3v) is 10.3. The highest BCUT2D eigenvalue weighted by molar-refractivity contribution is 7.99. The molecular formula is C35H38F2N8O3S. The van der Waals surface area contributed by atoms with E-state index in [1.807, 2.05) is 26.0 Å². The average Bonchev–Trinajstić information content (AvgIpc) is 3.88. The first kappa shape index (κ1) is 33.0. The maximum Gasteiger partial charge on any atom is 0.350 e. The quantitative estimate of drug-likeness (QED) is 0.172. The van der Waals surface area contributed by atoms with Crippen LogP contribution in [0.4, 0.5) is 20.2 Å². The van der Waals surface area contributed by atoms with Gasteiger partial charge in [0.25, 0.3) is 0 Å². The summed E-state index contributed by atoms with van der Waals surface area (Å²) in [5.41, 5.74) is 2.02. The van der Waals surface area contributed by atoms with Gasteiger partial charge in [-0.25, -0.2) is 32.5 Å². The Morgan fingerprint density at radius 2 is 1.59 bits per heavy atom. The Morgan fingerprint density at radius 3 is 2.22 bits per heavy atom. The van der Waals surface area contributed by atoms with Gasteiger partial charge in [0.15, 0.2) is 6.29 Å². The van der Waals surface area contributed by atoms with Crippen molar-refractivity contribution in [2.75, 3.05) is 48.3 Å². The summed E-state index contributed by atoms with van der Waals surface area (Å²) >= 11 is 1.59. The molecule has 0 saturated carbocycles. The summed E-state index contributed by atoms with van der Waals surface area (Å²) in [6.45, 7) is 7.83. The summed E-state index contributed by atoms with van der Waals surface area (Å²) in [5, 5.41) is 8.45. The maximum absolute atomic E-state index is 14.9. The van der Waals surface area contributed by atoms with Crippen LogP contribution in [0, 0.1) is 11.6 Å². The van der Waals surface area contributed by atoms with Crippen molar-refractivity contribution in [3.8, 4) is 5.69 Å². The maximum atomic E-state index is 14.9. The SMILES string of the molecule is CCC(C)n1ncn(-c2ccc(N3CCN(c4ccc(SCC5OCC(Cn6cncn6)(c6ccc(F)cc6F)O5)cc4)CC3)cc2)c1=O. The topological polar surface area (TPSA) is 95.5 Å². The molecule has 256 valence electrons. The number of benzene rings is 3. The second-order valence-electron chi connectivity index (χ2n) is 12.4. The lowest BCUT2D eigenvalue weighted by molar-refractivity contribution is -0.0848. The third-order valence-electron chi connectivity index (χ3n) is 9.23. The molecule has 0 aliphatic carbocycles. The van der Waals surface area contributed by atoms with Gasteiger partial charge in [-0.15, -0.1) is 11.8 Å². The molecule has 11 nitrogen and oxygen atoms in total. The van der Waals surface area contributed by atoms with E-state index in [1.165, 1.54) is 29.5 Å². The molecule has 4 heterocycles. The molecule has 3 unspecified atom stereocenters. The normalized spacial score (nSPS) is 20.2. The van der Waals surface area contributed by atoms with Crippen LogP contribution in [-0.2, 0) is 21.6 Å². The number of piperazine rings is 1. The number of hydrogen-bond donors (Lipinski definition) is 0. The van der Waals surface area contributed by atoms with Crippen LogP contribution in [0.3, 0.4) is 0 Å². The summed E-state index contributed by atoms with van der Waals surface area (Å²) in [6, 6.07) is 20.1. The Balaban J connectivity index is 0.925. The van der Waals surface area contributed by atoms with Crippen LogP contribution in [-0.4, -0.2) is 73.9 Å². The predicted molar refractivity (Wildman–Crippen MR) is 183 cm³/mol. The minimum atomic E-state index is -1.17. The average molecular weight is 689 g/mol. The van der Waals surface area contributed by atoms with Crippen LogP contribution in [0.25, 0.3) is 5.69 Å². The second kappa shape index (κ2) is 14.1. The molecule has 0 bridgehead atoms. The van der Waals surface area contributed by atoms with Crippen LogP contribution >= 0.6 is 11.8 Å². The fourth-order valence-electron chi connectivity index (χ4n) is 6.31. The van der Waals surface area contributed by atoms with Gasteiger partial charge >= 0.3 is 5.69 Å². The number of rotatable bonds is 11. The lowest BCUT2D eigenvalue weighted by Crippen LogP contribution is -2.46. The molecule has 2 fully saturated rings. The molecule has 0 spiro atoms. The van der Waals surface area contributed by atoms with Crippen LogP contribution < -0.4 is 15.5 Å². The summed E-state index contributed by atoms with van der Waals surface area (Å²) < 4.78 is 45.6. The lowest BCUT2D eigenvalue weighted by Gasteiger charge is -2.37. The van der Waals surface area contributed by atoms with Gasteiger partial charge in [-0.1, -0.05) is 13.0 Å². The van der Waals surface area contributed by atoms with Crippen LogP contribution in [0.1, 0.15) is 31.9 Å². The number of nitrogens with zero attached hydrogens (tertiary/aromatic N) is 8. The minimum Gasteiger partial charge on any atom is -0.368 e. The van der Waals surface area contributed by atoms with Crippen molar-refractivity contribution in [2.24, 2.45) is 0 Å². The summed E-state index contributed by atoms with van der Waals surface area (Å²) in [5.74, 6) is -0.848. The molecule has 3 aromatic carbocycles. The van der Waals surface area contributed by atoms with Crippen molar-refractivity contribution in [1.29, 1.82) is 0 Å². The van der Waals surface area contributed by atoms with E-state index in [0.717, 1.165) is 60.6 Å². The highest BCUT2D eigenvalue weighted by Crippen LogP contribution is 2.38. The monoisotopic (exact) mass is 688 g/mol. The first-order valence-electron chi connectivity index (χ1n) is 16.4. The summed E-state index contributed by atoms with van der Waals surface area (Å²) in [6.07, 6.45) is 4.77. The van der Waals surface area contributed by atoms with E-state index in [0.29, 0.717) is 5.75 Å². The second-order valence-corrected chi connectivity index (χ2v) is 13.4. The lowest BCUT2D eigenvalue weighted by atomic mass is 9.94. The van der Waals surface area contributed by atoms with Crippen molar-refractivity contribution in [2.45, 2.75) is 49.6 Å². The predicted octanol–water partition coefficient (Wildman–Crippen LogP) is 5.26. The summed E-state index contributed by atoms with van der Waals surface area (Å²) in [7, 11) is 0. The zero-order valence-corrected chi connectivity index (χ0v) is 28.2. The van der Waals surface area contributed by atoms with E-state index in [-0.39, 0.29) is 30.4 Å². The third kappa shape index (κ3) is 6.98. The molecule has 0 amide bonds. The molecule has 2 aliphatic rings. The first-order valence-corrected chi connectivity index (χ1v) is 17.4. The van der Waals surface area contributed by atoms with Crippen molar-refractivity contribution < 1.29 is 18.3 Å². The largest absolute Gasteiger partial charge is 0.368 e. The van der Waals surface area contributed by atoms with E-state index in [4.69, 9.17) is 9.47 Å². The number of aromatic nitrogens is 6. The van der Waals surface area contributed by atoms with Crippen molar-refractivity contribution >= 4 is 23.1 Å². The number of ether oxygens (including phenoxy) is 2. The molecule has 14 heteroatoms. The van der Waals surface area contributed by atoms with Crippen molar-refractivity contribution in [3.63, 3.8) is 0 Å². The molecule has 0 radical (unpaired) electrons. The molecule has 7 rings (SSSR count). The molecular weight excluding hydrogens is 651 g/mol. The molecule has 2 saturated heterocycles. The fraction of sp³-hybridized carbons (Fsp3) is 0.371. The van der Waals surface area contributed by atoms with Crippen molar-refractivity contribution in [1.82, 2.24) is 29.1 Å². The zero-order chi connectivity index (χ0) is 34.0. The molecule has 0 N–H and O–H groups in total. The fourth-order valence-corrected chi connectivity index (χ4v) is 7.13. The summed E-state index contributed by atoms with van der Waals surface area (Å²) in [4.78, 5) is 22.6. The van der Waals surface area contributed by atoms with Gasteiger partial charge in [-0.3, -0.25) is 0 Å². The first-order chi connectivity index (χ1) is 23.8. The van der Waals surface area contributed by atoms with Crippen LogP contribution in [0.2, 0.25) is 0 Å². The minimum absolute atomic E-state index is 0.0573. The number of hydrogen-bond acceptors (Lipinski definition) is 9. The highest BCUT2D eigenvalue weighted by Gasteiger charge is 2.45. The van der Waals surface area contributed by atoms with Gasteiger partial charge in [0, 0.05) is 59.8 Å². The molecule has 2 aliphatic heterocycles. The molecule has 5 aromatic rings. The standard InChI is InChI=1S/C35H38F2N8O3S/c1-3-25(2)45-34(46)44(24-40-45)29-7-5-27(6-8-29)41-14-16-42(17-15-41)28-9-11-30(12-10-28)49-19-33-47-21-35(48-33,20-43-23-38-22-39-43)31-13-4-26(36)18-32(31)37/h4-13,18,22-25,33H,3,14-17,19-21H2,1-2H3. The van der Waals surface area contributed by atoms with Gasteiger partial charge in [-0.2, -0.15) is 10.2 Å². The van der Waals surface area contributed by atoms with Gasteiger partial charge in [0.05, 0.1) is 24.9 Å². The van der Waals surface area contributed by atoms with E-state index < -0.39 is 23.5 Å². The Hall–Kier alpha value is -4.53. The Bertz CT molecular complexity index is 1910. The van der Waals surface area contributed by atoms with E-state index in [1.54, 1.807) is 27.3 Å². The number of thioether (sulfide) groups is 1. The van der Waals surface area contributed by atoms with Gasteiger partial charge in [0.1, 0.15) is 36.2 Å². The molecule has 49 heavy (non-hydrogen) atoms. The van der Waals surface area contributed by atoms with E-state index in [9.17, 15) is 13.6 Å². The highest BCUT2D eigenvalue weighted by atomic mass is 32.2. The molecule has 3 atom stereocenters. The van der Waals surface area contributed by atoms with E-state index in [2.05, 4.69) is 61.4 Å². The Labute approximate surface area is 287 Å². The van der Waals surface area contributed by atoms with Crippen LogP contribution in [0.5, 0.6) is 0 Å².